The standard InChI is InChI=1S/C27H35N3O4/c1-17(2)34-21-8-6-19(7-9-21)28-26-29-23-13-22(33-16-25(31)32)10-11-24(23)30(26)20-12-18(3)14-27(4,5)15-20/h6-11,13,17-18,20H,12,14-16H2,1-5H3,(H,28,29)(H,31,32)/t18-,20-/m1/s1. The highest BCUT2D eigenvalue weighted by Gasteiger charge is 2.34. The highest BCUT2D eigenvalue weighted by Crippen LogP contribution is 2.46. The molecule has 7 nitrogen and oxygen atoms in total. The van der Waals surface area contributed by atoms with Crippen LogP contribution in [0.4, 0.5) is 11.6 Å². The van der Waals surface area contributed by atoms with Crippen LogP contribution in [0, 0.1) is 11.3 Å². The van der Waals surface area contributed by atoms with Crippen molar-refractivity contribution >= 4 is 28.6 Å². The molecule has 2 atom stereocenters. The van der Waals surface area contributed by atoms with Crippen LogP contribution in [-0.2, 0) is 4.79 Å². The molecule has 0 aliphatic heterocycles. The van der Waals surface area contributed by atoms with Gasteiger partial charge in [-0.25, -0.2) is 9.78 Å². The first-order valence-electron chi connectivity index (χ1n) is 12.0. The largest absolute Gasteiger partial charge is 0.491 e. The van der Waals surface area contributed by atoms with Crippen LogP contribution in [0.2, 0.25) is 0 Å². The number of rotatable bonds is 8. The van der Waals surface area contributed by atoms with Crippen LogP contribution in [0.25, 0.3) is 11.0 Å². The van der Waals surface area contributed by atoms with Gasteiger partial charge in [0.15, 0.2) is 6.61 Å². The molecule has 0 spiro atoms. The third-order valence-corrected chi connectivity index (χ3v) is 6.23. The number of carbonyl (C=O) groups is 1. The molecule has 0 amide bonds. The number of imidazole rings is 1. The van der Waals surface area contributed by atoms with Crippen molar-refractivity contribution in [1.82, 2.24) is 9.55 Å². The van der Waals surface area contributed by atoms with Gasteiger partial charge in [0.1, 0.15) is 11.5 Å². The van der Waals surface area contributed by atoms with E-state index in [0.717, 1.165) is 41.3 Å². The summed E-state index contributed by atoms with van der Waals surface area (Å²) in [6.45, 7) is 10.6. The van der Waals surface area contributed by atoms with Gasteiger partial charge in [-0.3, -0.25) is 0 Å². The van der Waals surface area contributed by atoms with Gasteiger partial charge in [-0.1, -0.05) is 20.8 Å². The molecule has 0 saturated heterocycles. The zero-order chi connectivity index (χ0) is 24.5. The molecule has 0 radical (unpaired) electrons. The Kier molecular flexibility index (Phi) is 6.73. The quantitative estimate of drug-likeness (QED) is 0.399. The van der Waals surface area contributed by atoms with E-state index in [1.165, 1.54) is 6.42 Å². The summed E-state index contributed by atoms with van der Waals surface area (Å²) >= 11 is 0. The van der Waals surface area contributed by atoms with Crippen molar-refractivity contribution in [2.24, 2.45) is 11.3 Å². The molecule has 3 aromatic rings. The average Bonchev–Trinajstić information content (AvgIpc) is 3.09. The first-order valence-corrected chi connectivity index (χ1v) is 12.0. The molecule has 0 unspecified atom stereocenters. The summed E-state index contributed by atoms with van der Waals surface area (Å²) in [7, 11) is 0. The zero-order valence-corrected chi connectivity index (χ0v) is 20.7. The van der Waals surface area contributed by atoms with Crippen LogP contribution in [0.5, 0.6) is 11.5 Å². The second kappa shape index (κ2) is 9.57. The van der Waals surface area contributed by atoms with Gasteiger partial charge in [0.2, 0.25) is 5.95 Å². The smallest absolute Gasteiger partial charge is 0.341 e. The van der Waals surface area contributed by atoms with Crippen molar-refractivity contribution in [2.45, 2.75) is 66.0 Å². The second-order valence-corrected chi connectivity index (χ2v) is 10.5. The van der Waals surface area contributed by atoms with E-state index in [2.05, 4.69) is 30.7 Å². The number of aromatic nitrogens is 2. The maximum absolute atomic E-state index is 10.9. The van der Waals surface area contributed by atoms with E-state index in [1.54, 1.807) is 0 Å². The first-order chi connectivity index (χ1) is 16.1. The summed E-state index contributed by atoms with van der Waals surface area (Å²) < 4.78 is 13.5. The summed E-state index contributed by atoms with van der Waals surface area (Å²) in [6.07, 6.45) is 3.48. The molecule has 1 aromatic heterocycles. The molecule has 2 N–H and O–H groups in total. The van der Waals surface area contributed by atoms with E-state index in [0.29, 0.717) is 17.7 Å². The van der Waals surface area contributed by atoms with Crippen molar-refractivity contribution in [3.63, 3.8) is 0 Å². The minimum atomic E-state index is -1.00. The number of carboxylic acid groups (broad SMARTS) is 1. The fraction of sp³-hybridized carbons (Fsp3) is 0.481. The second-order valence-electron chi connectivity index (χ2n) is 10.5. The zero-order valence-electron chi connectivity index (χ0n) is 20.7. The Morgan fingerprint density at radius 1 is 1.18 bits per heavy atom. The Hall–Kier alpha value is -3.22. The number of anilines is 2. The number of aliphatic carboxylic acids is 1. The lowest BCUT2D eigenvalue weighted by molar-refractivity contribution is -0.139. The van der Waals surface area contributed by atoms with E-state index in [1.807, 2.05) is 56.3 Å². The highest BCUT2D eigenvalue weighted by atomic mass is 16.5. The molecule has 2 aromatic carbocycles. The molecule has 1 heterocycles. The fourth-order valence-corrected chi connectivity index (χ4v) is 5.28. The Labute approximate surface area is 201 Å². The molecule has 182 valence electrons. The van der Waals surface area contributed by atoms with E-state index in [-0.39, 0.29) is 18.1 Å². The van der Waals surface area contributed by atoms with Crippen LogP contribution in [-0.4, -0.2) is 33.3 Å². The number of nitrogens with zero attached hydrogens (tertiary/aromatic N) is 2. The molecule has 7 heteroatoms. The van der Waals surface area contributed by atoms with Crippen LogP contribution in [0.1, 0.15) is 59.9 Å². The number of fused-ring (bicyclic) bond motifs is 1. The minimum Gasteiger partial charge on any atom is -0.491 e. The van der Waals surface area contributed by atoms with Crippen molar-refractivity contribution in [2.75, 3.05) is 11.9 Å². The van der Waals surface area contributed by atoms with Crippen LogP contribution in [0.15, 0.2) is 42.5 Å². The van der Waals surface area contributed by atoms with Crippen LogP contribution >= 0.6 is 0 Å². The van der Waals surface area contributed by atoms with Gasteiger partial charge < -0.3 is 24.5 Å². The number of benzene rings is 2. The predicted molar refractivity (Wildman–Crippen MR) is 134 cm³/mol. The summed E-state index contributed by atoms with van der Waals surface area (Å²) in [6, 6.07) is 13.8. The van der Waals surface area contributed by atoms with Crippen molar-refractivity contribution in [3.8, 4) is 11.5 Å². The van der Waals surface area contributed by atoms with Gasteiger partial charge in [0, 0.05) is 17.8 Å². The number of hydrogen-bond donors (Lipinski definition) is 2. The average molecular weight is 466 g/mol. The lowest BCUT2D eigenvalue weighted by atomic mass is 9.70. The van der Waals surface area contributed by atoms with Gasteiger partial charge in [-0.05, 0) is 80.8 Å². The van der Waals surface area contributed by atoms with Crippen LogP contribution in [0.3, 0.4) is 0 Å². The number of hydrogen-bond acceptors (Lipinski definition) is 5. The lowest BCUT2D eigenvalue weighted by Gasteiger charge is -2.40. The van der Waals surface area contributed by atoms with E-state index >= 15 is 0 Å². The van der Waals surface area contributed by atoms with Gasteiger partial charge >= 0.3 is 5.97 Å². The fourth-order valence-electron chi connectivity index (χ4n) is 5.28. The summed E-state index contributed by atoms with van der Waals surface area (Å²) in [5.74, 6) is 1.72. The Balaban J connectivity index is 1.71. The Bertz CT molecular complexity index is 1150. The van der Waals surface area contributed by atoms with E-state index < -0.39 is 5.97 Å². The molecular weight excluding hydrogens is 430 g/mol. The highest BCUT2D eigenvalue weighted by molar-refractivity contribution is 5.81. The molecule has 0 bridgehead atoms. The summed E-state index contributed by atoms with van der Waals surface area (Å²) in [5, 5.41) is 12.5. The maximum Gasteiger partial charge on any atom is 0.341 e. The topological polar surface area (TPSA) is 85.6 Å². The molecule has 1 fully saturated rings. The maximum atomic E-state index is 10.9. The van der Waals surface area contributed by atoms with E-state index in [4.69, 9.17) is 19.6 Å². The summed E-state index contributed by atoms with van der Waals surface area (Å²) in [4.78, 5) is 15.8. The first kappa shape index (κ1) is 23.9. The van der Waals surface area contributed by atoms with Crippen LogP contribution < -0.4 is 14.8 Å². The Morgan fingerprint density at radius 2 is 1.88 bits per heavy atom. The SMILES string of the molecule is CC(C)Oc1ccc(Nc2nc3cc(OCC(=O)O)ccc3n2[C@@H]2C[C@@H](C)CC(C)(C)C2)cc1. The van der Waals surface area contributed by atoms with Gasteiger partial charge in [0.05, 0.1) is 17.1 Å². The van der Waals surface area contributed by atoms with E-state index in [9.17, 15) is 4.79 Å². The van der Waals surface area contributed by atoms with Gasteiger partial charge in [-0.2, -0.15) is 0 Å². The normalized spacial score (nSPS) is 19.8. The predicted octanol–water partition coefficient (Wildman–Crippen LogP) is 6.42. The third kappa shape index (κ3) is 5.64. The summed E-state index contributed by atoms with van der Waals surface area (Å²) in [5.41, 5.74) is 2.97. The molecule has 4 rings (SSSR count). The molecular formula is C27H35N3O4. The number of carboxylic acids is 1. The third-order valence-electron chi connectivity index (χ3n) is 6.23. The molecule has 1 saturated carbocycles. The van der Waals surface area contributed by atoms with Crippen molar-refractivity contribution in [3.05, 3.63) is 42.5 Å². The lowest BCUT2D eigenvalue weighted by Crippen LogP contribution is -2.29. The number of ether oxygens (including phenoxy) is 2. The molecule has 1 aliphatic rings. The monoisotopic (exact) mass is 465 g/mol. The van der Waals surface area contributed by atoms with Crippen molar-refractivity contribution < 1.29 is 19.4 Å². The van der Waals surface area contributed by atoms with Gasteiger partial charge in [-0.15, -0.1) is 0 Å². The Morgan fingerprint density at radius 3 is 2.53 bits per heavy atom. The minimum absolute atomic E-state index is 0.122. The molecule has 34 heavy (non-hydrogen) atoms. The van der Waals surface area contributed by atoms with Crippen molar-refractivity contribution in [1.29, 1.82) is 0 Å². The molecule has 1 aliphatic carbocycles. The van der Waals surface area contributed by atoms with Gasteiger partial charge in [0.25, 0.3) is 0 Å². The number of nitrogens with one attached hydrogen (secondary N) is 1.